The maximum absolute atomic E-state index is 13.2. The average Bonchev–Trinajstić information content (AvgIpc) is 3.41. The first-order valence-corrected chi connectivity index (χ1v) is 10.1. The number of hydrogen-bond acceptors (Lipinski definition) is 4. The largest absolute Gasteiger partial charge is 0.465 e. The van der Waals surface area contributed by atoms with E-state index < -0.39 is 0 Å². The Morgan fingerprint density at radius 3 is 2.83 bits per heavy atom. The molecule has 2 aromatic carbocycles. The fourth-order valence-electron chi connectivity index (χ4n) is 3.91. The van der Waals surface area contributed by atoms with Crippen LogP contribution in [0.1, 0.15) is 39.4 Å². The maximum atomic E-state index is 13.2. The van der Waals surface area contributed by atoms with Gasteiger partial charge in [0.25, 0.3) is 0 Å². The molecule has 4 aromatic rings. The minimum Gasteiger partial charge on any atom is -0.465 e. The van der Waals surface area contributed by atoms with Crippen molar-refractivity contribution in [1.29, 1.82) is 0 Å². The number of ether oxygens (including phenoxy) is 1. The molecule has 0 aliphatic heterocycles. The lowest BCUT2D eigenvalue weighted by Crippen LogP contribution is -2.10. The number of nitrogens with zero attached hydrogens (tertiary/aromatic N) is 1. The molecule has 30 heavy (non-hydrogen) atoms. The van der Waals surface area contributed by atoms with Gasteiger partial charge in [-0.15, -0.1) is 0 Å². The van der Waals surface area contributed by atoms with Gasteiger partial charge in [0.05, 0.1) is 23.0 Å². The molecular formula is C25H18ClNO3. The highest BCUT2D eigenvalue weighted by Crippen LogP contribution is 2.38. The van der Waals surface area contributed by atoms with Gasteiger partial charge in [0.1, 0.15) is 12.4 Å². The van der Waals surface area contributed by atoms with E-state index in [1.54, 1.807) is 18.4 Å². The molecule has 5 rings (SSSR count). The number of allylic oxidation sites excluding steroid dienone is 1. The summed E-state index contributed by atoms with van der Waals surface area (Å²) in [7, 11) is 0. The van der Waals surface area contributed by atoms with E-state index in [1.807, 2.05) is 54.6 Å². The molecule has 0 fully saturated rings. The number of furan rings is 1. The highest BCUT2D eigenvalue weighted by Gasteiger charge is 2.27. The van der Waals surface area contributed by atoms with Crippen LogP contribution in [-0.4, -0.2) is 11.0 Å². The van der Waals surface area contributed by atoms with E-state index in [4.69, 9.17) is 25.7 Å². The second-order valence-electron chi connectivity index (χ2n) is 7.22. The van der Waals surface area contributed by atoms with Crippen molar-refractivity contribution in [3.05, 3.63) is 100 Å². The number of rotatable bonds is 4. The number of aromatic nitrogens is 1. The molecule has 5 heteroatoms. The third-order valence-electron chi connectivity index (χ3n) is 5.26. The van der Waals surface area contributed by atoms with Crippen LogP contribution in [-0.2, 0) is 17.8 Å². The van der Waals surface area contributed by atoms with E-state index in [-0.39, 0.29) is 12.6 Å². The van der Waals surface area contributed by atoms with Crippen LogP contribution in [0.2, 0.25) is 5.02 Å². The second kappa shape index (κ2) is 7.81. The van der Waals surface area contributed by atoms with Crippen molar-refractivity contribution in [1.82, 2.24) is 4.98 Å². The SMILES string of the molecule is O=C(OCc1cccc(Cl)c1)c1c2c(nc3ccccc13)/C(=C/c1ccco1)CC2. The number of fused-ring (bicyclic) bond motifs is 2. The second-order valence-corrected chi connectivity index (χ2v) is 7.66. The van der Waals surface area contributed by atoms with Gasteiger partial charge in [0.2, 0.25) is 0 Å². The fraction of sp³-hybridized carbons (Fsp3) is 0.120. The topological polar surface area (TPSA) is 52.3 Å². The Balaban J connectivity index is 1.55. The summed E-state index contributed by atoms with van der Waals surface area (Å²) in [6, 6.07) is 18.8. The summed E-state index contributed by atoms with van der Waals surface area (Å²) in [5.74, 6) is 0.432. The number of pyridine rings is 1. The van der Waals surface area contributed by atoms with Crippen LogP contribution < -0.4 is 0 Å². The van der Waals surface area contributed by atoms with Gasteiger partial charge in [-0.3, -0.25) is 0 Å². The van der Waals surface area contributed by atoms with Gasteiger partial charge in [-0.05, 0) is 65.9 Å². The summed E-state index contributed by atoms with van der Waals surface area (Å²) >= 11 is 6.04. The highest BCUT2D eigenvalue weighted by molar-refractivity contribution is 6.30. The lowest BCUT2D eigenvalue weighted by Gasteiger charge is -2.12. The molecular weight excluding hydrogens is 398 g/mol. The molecule has 1 aliphatic rings. The van der Waals surface area contributed by atoms with Crippen molar-refractivity contribution < 1.29 is 13.9 Å². The van der Waals surface area contributed by atoms with E-state index >= 15 is 0 Å². The number of carbonyl (C=O) groups is 1. The summed E-state index contributed by atoms with van der Waals surface area (Å²) in [5, 5.41) is 1.43. The van der Waals surface area contributed by atoms with E-state index in [2.05, 4.69) is 0 Å². The Labute approximate surface area is 178 Å². The van der Waals surface area contributed by atoms with Gasteiger partial charge in [-0.25, -0.2) is 9.78 Å². The third kappa shape index (κ3) is 3.51. The third-order valence-corrected chi connectivity index (χ3v) is 5.50. The summed E-state index contributed by atoms with van der Waals surface area (Å²) in [5.41, 5.74) is 5.07. The van der Waals surface area contributed by atoms with Crippen molar-refractivity contribution in [2.24, 2.45) is 0 Å². The van der Waals surface area contributed by atoms with Crippen molar-refractivity contribution in [3.8, 4) is 0 Å². The molecule has 0 saturated heterocycles. The van der Waals surface area contributed by atoms with Crippen LogP contribution >= 0.6 is 11.6 Å². The lowest BCUT2D eigenvalue weighted by molar-refractivity contribution is 0.0474. The zero-order valence-electron chi connectivity index (χ0n) is 16.1. The number of esters is 1. The molecule has 0 atom stereocenters. The normalized spacial score (nSPS) is 14.2. The van der Waals surface area contributed by atoms with Gasteiger partial charge < -0.3 is 9.15 Å². The van der Waals surface area contributed by atoms with Crippen LogP contribution in [0, 0.1) is 0 Å². The van der Waals surface area contributed by atoms with Gasteiger partial charge >= 0.3 is 5.97 Å². The van der Waals surface area contributed by atoms with Crippen molar-refractivity contribution in [2.75, 3.05) is 0 Å². The molecule has 0 bridgehead atoms. The van der Waals surface area contributed by atoms with Gasteiger partial charge in [-0.1, -0.05) is 41.9 Å². The minimum atomic E-state index is -0.343. The Morgan fingerprint density at radius 2 is 2.00 bits per heavy atom. The van der Waals surface area contributed by atoms with Crippen LogP contribution in [0.4, 0.5) is 0 Å². The first kappa shape index (κ1) is 18.6. The predicted octanol–water partition coefficient (Wildman–Crippen LogP) is 6.33. The average molecular weight is 416 g/mol. The Morgan fingerprint density at radius 1 is 1.10 bits per heavy atom. The van der Waals surface area contributed by atoms with Crippen LogP contribution in [0.15, 0.2) is 71.3 Å². The smallest absolute Gasteiger partial charge is 0.339 e. The number of halogens is 1. The molecule has 0 unspecified atom stereocenters. The Kier molecular flexibility index (Phi) is 4.85. The standard InChI is InChI=1S/C25H18ClNO3/c26-18-6-3-5-16(13-18)15-30-25(28)23-20-8-1-2-9-22(20)27-24-17(10-11-21(23)24)14-19-7-4-12-29-19/h1-9,12-14H,10-11,15H2/b17-14+. The van der Waals surface area contributed by atoms with Crippen molar-refractivity contribution >= 4 is 40.1 Å². The molecule has 0 N–H and O–H groups in total. The monoisotopic (exact) mass is 415 g/mol. The van der Waals surface area contributed by atoms with Crippen LogP contribution in [0.25, 0.3) is 22.6 Å². The van der Waals surface area contributed by atoms with E-state index in [0.29, 0.717) is 10.6 Å². The summed E-state index contributed by atoms with van der Waals surface area (Å²) in [6.07, 6.45) is 5.18. The van der Waals surface area contributed by atoms with Crippen molar-refractivity contribution in [3.63, 3.8) is 0 Å². The fourth-order valence-corrected chi connectivity index (χ4v) is 4.12. The molecule has 0 spiro atoms. The molecule has 148 valence electrons. The van der Waals surface area contributed by atoms with Gasteiger partial charge in [0.15, 0.2) is 0 Å². The molecule has 0 radical (unpaired) electrons. The zero-order chi connectivity index (χ0) is 20.5. The first-order valence-electron chi connectivity index (χ1n) is 9.77. The summed E-state index contributed by atoms with van der Waals surface area (Å²) < 4.78 is 11.1. The van der Waals surface area contributed by atoms with E-state index in [0.717, 1.165) is 51.9 Å². The van der Waals surface area contributed by atoms with Crippen molar-refractivity contribution in [2.45, 2.75) is 19.4 Å². The predicted molar refractivity (Wildman–Crippen MR) is 117 cm³/mol. The molecule has 0 amide bonds. The highest BCUT2D eigenvalue weighted by atomic mass is 35.5. The van der Waals surface area contributed by atoms with Crippen LogP contribution in [0.5, 0.6) is 0 Å². The summed E-state index contributed by atoms with van der Waals surface area (Å²) in [4.78, 5) is 18.0. The zero-order valence-corrected chi connectivity index (χ0v) is 16.9. The van der Waals surface area contributed by atoms with E-state index in [9.17, 15) is 4.79 Å². The Hall–Kier alpha value is -3.37. The number of para-hydroxylation sites is 1. The van der Waals surface area contributed by atoms with Gasteiger partial charge in [0, 0.05) is 10.4 Å². The maximum Gasteiger partial charge on any atom is 0.339 e. The number of hydrogen-bond donors (Lipinski definition) is 0. The molecule has 2 heterocycles. The lowest BCUT2D eigenvalue weighted by atomic mass is 10.0. The molecule has 1 aliphatic carbocycles. The first-order chi connectivity index (χ1) is 14.7. The molecule has 4 nitrogen and oxygen atoms in total. The number of benzene rings is 2. The summed E-state index contributed by atoms with van der Waals surface area (Å²) in [6.45, 7) is 0.167. The van der Waals surface area contributed by atoms with Gasteiger partial charge in [-0.2, -0.15) is 0 Å². The van der Waals surface area contributed by atoms with Crippen LogP contribution in [0.3, 0.4) is 0 Å². The Bertz CT molecular complexity index is 1280. The molecule has 2 aromatic heterocycles. The minimum absolute atomic E-state index is 0.167. The quantitative estimate of drug-likeness (QED) is 0.366. The van der Waals surface area contributed by atoms with E-state index in [1.165, 1.54) is 0 Å². The number of carbonyl (C=O) groups excluding carboxylic acids is 1. The molecule has 0 saturated carbocycles.